The van der Waals surface area contributed by atoms with Crippen LogP contribution >= 0.6 is 0 Å². The summed E-state index contributed by atoms with van der Waals surface area (Å²) in [5.74, 6) is 1.85. The van der Waals surface area contributed by atoms with Gasteiger partial charge in [0, 0.05) is 11.8 Å². The van der Waals surface area contributed by atoms with Crippen LogP contribution < -0.4 is 0 Å². The number of carbonyl (C=O) groups is 1. The molecular formula is C19H34O2. The Morgan fingerprint density at radius 2 is 2.00 bits per heavy atom. The van der Waals surface area contributed by atoms with E-state index in [1.165, 1.54) is 19.3 Å². The third kappa shape index (κ3) is 3.06. The second kappa shape index (κ2) is 5.68. The van der Waals surface area contributed by atoms with Gasteiger partial charge in [0.15, 0.2) is 0 Å². The highest BCUT2D eigenvalue weighted by Crippen LogP contribution is 2.63. The number of hydrogen-bond acceptors (Lipinski definition) is 2. The molecule has 2 fully saturated rings. The Labute approximate surface area is 130 Å². The highest BCUT2D eigenvalue weighted by atomic mass is 16.3. The lowest BCUT2D eigenvalue weighted by Gasteiger charge is -2.48. The summed E-state index contributed by atoms with van der Waals surface area (Å²) in [4.78, 5) is 12.5. The van der Waals surface area contributed by atoms with E-state index in [1.807, 2.05) is 13.8 Å². The van der Waals surface area contributed by atoms with Gasteiger partial charge >= 0.3 is 0 Å². The van der Waals surface area contributed by atoms with E-state index in [1.54, 1.807) is 0 Å². The standard InChI is InChI=1S/C19H34O2/c1-14(8-6-11-17(2,3)21)15-10-13-19(5)16(20)9-7-12-18(15,19)4/h14-15,21H,6-13H2,1-5H3/t14-,15?,18+,19-/m0/s1. The van der Waals surface area contributed by atoms with Crippen LogP contribution in [0.3, 0.4) is 0 Å². The molecule has 122 valence electrons. The SMILES string of the molecule is C[C@@H](CCCC(C)(C)O)C1CC[C@@]2(C)C(=O)CCC[C@]12C. The van der Waals surface area contributed by atoms with Crippen molar-refractivity contribution in [2.75, 3.05) is 0 Å². The third-order valence-corrected chi connectivity index (χ3v) is 6.88. The Morgan fingerprint density at radius 1 is 1.33 bits per heavy atom. The predicted octanol–water partition coefficient (Wildman–Crippen LogP) is 4.74. The molecule has 2 nitrogen and oxygen atoms in total. The molecule has 0 aromatic carbocycles. The molecule has 0 aromatic rings. The Bertz CT molecular complexity index is 395. The summed E-state index contributed by atoms with van der Waals surface area (Å²) >= 11 is 0. The molecule has 0 saturated heterocycles. The molecule has 2 heteroatoms. The maximum absolute atomic E-state index is 12.5. The molecular weight excluding hydrogens is 260 g/mol. The Hall–Kier alpha value is -0.370. The van der Waals surface area contributed by atoms with E-state index in [2.05, 4.69) is 20.8 Å². The van der Waals surface area contributed by atoms with Gasteiger partial charge in [-0.3, -0.25) is 4.79 Å². The lowest BCUT2D eigenvalue weighted by atomic mass is 9.54. The van der Waals surface area contributed by atoms with Crippen molar-refractivity contribution in [2.24, 2.45) is 22.7 Å². The molecule has 21 heavy (non-hydrogen) atoms. The highest BCUT2D eigenvalue weighted by Gasteiger charge is 2.59. The van der Waals surface area contributed by atoms with E-state index >= 15 is 0 Å². The Kier molecular flexibility index (Phi) is 4.60. The van der Waals surface area contributed by atoms with E-state index in [9.17, 15) is 9.90 Å². The van der Waals surface area contributed by atoms with Crippen molar-refractivity contribution in [3.63, 3.8) is 0 Å². The van der Waals surface area contributed by atoms with Crippen LogP contribution in [0.2, 0.25) is 0 Å². The molecule has 4 atom stereocenters. The maximum Gasteiger partial charge on any atom is 0.139 e. The summed E-state index contributed by atoms with van der Waals surface area (Å²) < 4.78 is 0. The minimum absolute atomic E-state index is 0.0690. The van der Waals surface area contributed by atoms with E-state index < -0.39 is 5.60 Å². The van der Waals surface area contributed by atoms with Crippen molar-refractivity contribution in [1.82, 2.24) is 0 Å². The third-order valence-electron chi connectivity index (χ3n) is 6.88. The lowest BCUT2D eigenvalue weighted by molar-refractivity contribution is -0.140. The van der Waals surface area contributed by atoms with Crippen molar-refractivity contribution < 1.29 is 9.90 Å². The number of rotatable bonds is 5. The smallest absolute Gasteiger partial charge is 0.139 e. The number of Topliss-reactive ketones (excluding diaryl/α,β-unsaturated/α-hetero) is 1. The first-order valence-corrected chi connectivity index (χ1v) is 8.86. The maximum atomic E-state index is 12.5. The zero-order valence-electron chi connectivity index (χ0n) is 14.7. The van der Waals surface area contributed by atoms with E-state index in [0.29, 0.717) is 17.6 Å². The minimum Gasteiger partial charge on any atom is -0.390 e. The molecule has 2 aliphatic rings. The average molecular weight is 294 g/mol. The molecule has 0 aliphatic heterocycles. The van der Waals surface area contributed by atoms with Crippen LogP contribution in [0.15, 0.2) is 0 Å². The van der Waals surface area contributed by atoms with Crippen molar-refractivity contribution in [2.45, 2.75) is 91.6 Å². The average Bonchev–Trinajstić information content (AvgIpc) is 2.62. The van der Waals surface area contributed by atoms with Gasteiger partial charge < -0.3 is 5.11 Å². The minimum atomic E-state index is -0.547. The topological polar surface area (TPSA) is 37.3 Å². The normalized spacial score (nSPS) is 38.4. The van der Waals surface area contributed by atoms with Gasteiger partial charge in [-0.15, -0.1) is 0 Å². The second-order valence-electron chi connectivity index (χ2n) is 8.85. The van der Waals surface area contributed by atoms with Gasteiger partial charge in [-0.05, 0) is 63.2 Å². The van der Waals surface area contributed by atoms with E-state index in [-0.39, 0.29) is 10.8 Å². The first kappa shape index (κ1) is 17.0. The summed E-state index contributed by atoms with van der Waals surface area (Å²) in [5.41, 5.74) is -0.411. The van der Waals surface area contributed by atoms with Crippen LogP contribution in [0.4, 0.5) is 0 Å². The van der Waals surface area contributed by atoms with Crippen LogP contribution in [0.5, 0.6) is 0 Å². The van der Waals surface area contributed by atoms with Crippen LogP contribution in [-0.4, -0.2) is 16.5 Å². The molecule has 2 rings (SSSR count). The summed E-state index contributed by atoms with van der Waals surface area (Å²) in [5, 5.41) is 9.87. The first-order chi connectivity index (χ1) is 9.60. The number of aliphatic hydroxyl groups is 1. The summed E-state index contributed by atoms with van der Waals surface area (Å²) in [6.07, 6.45) is 8.53. The van der Waals surface area contributed by atoms with Gasteiger partial charge in [0.25, 0.3) is 0 Å². The molecule has 0 radical (unpaired) electrons. The Balaban J connectivity index is 2.02. The first-order valence-electron chi connectivity index (χ1n) is 8.86. The van der Waals surface area contributed by atoms with Crippen LogP contribution in [-0.2, 0) is 4.79 Å². The molecule has 2 saturated carbocycles. The van der Waals surface area contributed by atoms with Crippen LogP contribution in [0.25, 0.3) is 0 Å². The zero-order valence-corrected chi connectivity index (χ0v) is 14.7. The van der Waals surface area contributed by atoms with Gasteiger partial charge in [-0.2, -0.15) is 0 Å². The van der Waals surface area contributed by atoms with Gasteiger partial charge in [-0.1, -0.05) is 33.6 Å². The molecule has 0 spiro atoms. The van der Waals surface area contributed by atoms with Crippen LogP contribution in [0, 0.1) is 22.7 Å². The highest BCUT2D eigenvalue weighted by molar-refractivity contribution is 5.86. The molecule has 2 aliphatic carbocycles. The largest absolute Gasteiger partial charge is 0.390 e. The van der Waals surface area contributed by atoms with Crippen molar-refractivity contribution in [1.29, 1.82) is 0 Å². The number of fused-ring (bicyclic) bond motifs is 1. The molecule has 0 amide bonds. The summed E-state index contributed by atoms with van der Waals surface area (Å²) in [7, 11) is 0. The van der Waals surface area contributed by atoms with Crippen molar-refractivity contribution in [3.8, 4) is 0 Å². The molecule has 0 aromatic heterocycles. The van der Waals surface area contributed by atoms with Gasteiger partial charge in [0.2, 0.25) is 0 Å². The lowest BCUT2D eigenvalue weighted by Crippen LogP contribution is -2.47. The fourth-order valence-electron chi connectivity index (χ4n) is 5.24. The van der Waals surface area contributed by atoms with Gasteiger partial charge in [0.05, 0.1) is 5.60 Å². The quantitative estimate of drug-likeness (QED) is 0.795. The monoisotopic (exact) mass is 294 g/mol. The van der Waals surface area contributed by atoms with Crippen molar-refractivity contribution in [3.05, 3.63) is 0 Å². The zero-order chi connectivity index (χ0) is 15.9. The second-order valence-corrected chi connectivity index (χ2v) is 8.85. The molecule has 1 unspecified atom stereocenters. The number of hydrogen-bond donors (Lipinski definition) is 1. The number of carbonyl (C=O) groups excluding carboxylic acids is 1. The van der Waals surface area contributed by atoms with Crippen molar-refractivity contribution >= 4 is 5.78 Å². The fraction of sp³-hybridized carbons (Fsp3) is 0.947. The predicted molar refractivity (Wildman–Crippen MR) is 87.1 cm³/mol. The van der Waals surface area contributed by atoms with Gasteiger partial charge in [0.1, 0.15) is 5.78 Å². The van der Waals surface area contributed by atoms with E-state index in [0.717, 1.165) is 32.1 Å². The number of ketones is 1. The van der Waals surface area contributed by atoms with E-state index in [4.69, 9.17) is 0 Å². The van der Waals surface area contributed by atoms with Crippen LogP contribution in [0.1, 0.15) is 86.0 Å². The fourth-order valence-corrected chi connectivity index (χ4v) is 5.24. The summed E-state index contributed by atoms with van der Waals surface area (Å²) in [6, 6.07) is 0. The molecule has 0 heterocycles. The molecule has 0 bridgehead atoms. The summed E-state index contributed by atoms with van der Waals surface area (Å²) in [6.45, 7) is 10.8. The Morgan fingerprint density at radius 3 is 2.62 bits per heavy atom. The molecule has 1 N–H and O–H groups in total. The van der Waals surface area contributed by atoms with Gasteiger partial charge in [-0.25, -0.2) is 0 Å².